The maximum Gasteiger partial charge on any atom is 0.407 e. The van der Waals surface area contributed by atoms with Crippen molar-refractivity contribution in [2.75, 3.05) is 13.2 Å². The molecule has 1 heterocycles. The van der Waals surface area contributed by atoms with E-state index in [0.29, 0.717) is 19.4 Å². The highest BCUT2D eigenvalue weighted by Gasteiger charge is 2.67. The number of piperidine rings is 1. The van der Waals surface area contributed by atoms with Crippen molar-refractivity contribution in [1.82, 2.24) is 10.2 Å². The summed E-state index contributed by atoms with van der Waals surface area (Å²) in [5, 5.41) is 12.7. The molecule has 2 aromatic rings. The van der Waals surface area contributed by atoms with Gasteiger partial charge in [0.1, 0.15) is 18.2 Å². The van der Waals surface area contributed by atoms with Crippen molar-refractivity contribution in [2.24, 2.45) is 11.8 Å². The molecule has 1 aliphatic heterocycles. The van der Waals surface area contributed by atoms with Gasteiger partial charge in [0.15, 0.2) is 0 Å². The number of alkyl carbamates (subject to hydrolysis) is 1. The van der Waals surface area contributed by atoms with Crippen LogP contribution in [0.3, 0.4) is 0 Å². The van der Waals surface area contributed by atoms with E-state index in [1.165, 1.54) is 4.90 Å². The van der Waals surface area contributed by atoms with Gasteiger partial charge in [-0.1, -0.05) is 68.8 Å². The number of nitrogens with zero attached hydrogens (tertiary/aromatic N) is 1. The number of benzene rings is 2. The Balaban J connectivity index is 1.30. The first-order valence-electron chi connectivity index (χ1n) is 12.5. The van der Waals surface area contributed by atoms with Gasteiger partial charge in [-0.25, -0.2) is 9.59 Å². The second-order valence-corrected chi connectivity index (χ2v) is 10.1. The molecule has 3 aliphatic rings. The Morgan fingerprint density at radius 3 is 2.34 bits per heavy atom. The summed E-state index contributed by atoms with van der Waals surface area (Å²) in [4.78, 5) is 40.1. The SMILES string of the molecule is CC[C@H](C)[C@H](NC(=O)OCC1c2ccccc2-c2ccccc21)C(=O)N1CCC[C@@H]2C[C@@]21C(=O)O. The molecule has 7 nitrogen and oxygen atoms in total. The summed E-state index contributed by atoms with van der Waals surface area (Å²) in [5.74, 6) is -1.50. The highest BCUT2D eigenvalue weighted by molar-refractivity contribution is 5.94. The zero-order valence-corrected chi connectivity index (χ0v) is 20.2. The van der Waals surface area contributed by atoms with Crippen LogP contribution in [0.1, 0.15) is 56.6 Å². The first kappa shape index (κ1) is 23.4. The lowest BCUT2D eigenvalue weighted by molar-refractivity contribution is -0.156. The fourth-order valence-corrected chi connectivity index (χ4v) is 5.99. The molecule has 2 aromatic carbocycles. The Morgan fingerprint density at radius 1 is 1.11 bits per heavy atom. The molecule has 2 N–H and O–H groups in total. The molecule has 1 saturated heterocycles. The van der Waals surface area contributed by atoms with Crippen LogP contribution in [0.15, 0.2) is 48.5 Å². The van der Waals surface area contributed by atoms with E-state index in [-0.39, 0.29) is 30.3 Å². The average molecular weight is 477 g/mol. The average Bonchev–Trinajstić information content (AvgIpc) is 3.56. The second kappa shape index (κ2) is 9.02. The summed E-state index contributed by atoms with van der Waals surface area (Å²) in [6, 6.07) is 15.4. The monoisotopic (exact) mass is 476 g/mol. The van der Waals surface area contributed by atoms with E-state index in [0.717, 1.165) is 35.1 Å². The smallest absolute Gasteiger partial charge is 0.407 e. The van der Waals surface area contributed by atoms with Crippen LogP contribution >= 0.6 is 0 Å². The largest absolute Gasteiger partial charge is 0.479 e. The predicted molar refractivity (Wildman–Crippen MR) is 131 cm³/mol. The van der Waals surface area contributed by atoms with Gasteiger partial charge in [-0.05, 0) is 53.4 Å². The molecular formula is C28H32N2O5. The molecule has 0 unspecified atom stereocenters. The number of hydrogen-bond donors (Lipinski definition) is 2. The van der Waals surface area contributed by atoms with Crippen molar-refractivity contribution in [3.05, 3.63) is 59.7 Å². The molecule has 5 rings (SSSR count). The third-order valence-corrected chi connectivity index (χ3v) is 8.22. The molecule has 35 heavy (non-hydrogen) atoms. The molecule has 1 saturated carbocycles. The number of fused-ring (bicyclic) bond motifs is 4. The van der Waals surface area contributed by atoms with Gasteiger partial charge in [0.2, 0.25) is 5.91 Å². The first-order chi connectivity index (χ1) is 16.9. The summed E-state index contributed by atoms with van der Waals surface area (Å²) in [7, 11) is 0. The van der Waals surface area contributed by atoms with Crippen LogP contribution < -0.4 is 5.32 Å². The van der Waals surface area contributed by atoms with Crippen molar-refractivity contribution in [2.45, 2.75) is 57.0 Å². The van der Waals surface area contributed by atoms with Gasteiger partial charge in [0.05, 0.1) is 0 Å². The number of amides is 2. The molecular weight excluding hydrogens is 444 g/mol. The Labute approximate surface area is 205 Å². The van der Waals surface area contributed by atoms with E-state index in [9.17, 15) is 19.5 Å². The van der Waals surface area contributed by atoms with E-state index in [2.05, 4.69) is 29.6 Å². The van der Waals surface area contributed by atoms with Crippen LogP contribution in [0.25, 0.3) is 11.1 Å². The number of hydrogen-bond acceptors (Lipinski definition) is 4. The lowest BCUT2D eigenvalue weighted by Crippen LogP contribution is -2.59. The fraction of sp³-hybridized carbons (Fsp3) is 0.464. The van der Waals surface area contributed by atoms with Gasteiger partial charge in [-0.3, -0.25) is 4.79 Å². The van der Waals surface area contributed by atoms with Crippen molar-refractivity contribution >= 4 is 18.0 Å². The zero-order valence-electron chi connectivity index (χ0n) is 20.2. The normalized spacial score (nSPS) is 23.9. The summed E-state index contributed by atoms with van der Waals surface area (Å²) in [6.45, 7) is 4.41. The molecule has 4 atom stereocenters. The molecule has 2 fully saturated rings. The lowest BCUT2D eigenvalue weighted by atomic mass is 9.94. The minimum Gasteiger partial charge on any atom is -0.479 e. The Bertz CT molecular complexity index is 1120. The van der Waals surface area contributed by atoms with E-state index in [1.807, 2.05) is 38.1 Å². The Hall–Kier alpha value is -3.35. The van der Waals surface area contributed by atoms with E-state index in [1.54, 1.807) is 0 Å². The maximum atomic E-state index is 13.6. The summed E-state index contributed by atoms with van der Waals surface area (Å²) >= 11 is 0. The minimum absolute atomic E-state index is 0.00439. The van der Waals surface area contributed by atoms with Gasteiger partial charge < -0.3 is 20.1 Å². The first-order valence-corrected chi connectivity index (χ1v) is 12.5. The van der Waals surface area contributed by atoms with Crippen molar-refractivity contribution in [3.8, 4) is 11.1 Å². The van der Waals surface area contributed by atoms with Crippen molar-refractivity contribution in [1.29, 1.82) is 0 Å². The number of carboxylic acid groups (broad SMARTS) is 1. The van der Waals surface area contributed by atoms with Gasteiger partial charge in [0, 0.05) is 12.5 Å². The summed E-state index contributed by atoms with van der Waals surface area (Å²) in [6.07, 6.45) is 2.11. The van der Waals surface area contributed by atoms with E-state index in [4.69, 9.17) is 4.74 Å². The number of carbonyl (C=O) groups is 3. The highest BCUT2D eigenvalue weighted by atomic mass is 16.5. The maximum absolute atomic E-state index is 13.6. The van der Waals surface area contributed by atoms with E-state index >= 15 is 0 Å². The topological polar surface area (TPSA) is 95.9 Å². The quantitative estimate of drug-likeness (QED) is 0.617. The highest BCUT2D eigenvalue weighted by Crippen LogP contribution is 2.54. The van der Waals surface area contributed by atoms with Crippen LogP contribution in [0.4, 0.5) is 4.79 Å². The number of aliphatic carboxylic acids is 1. The standard InChI is InChI=1S/C28H32N2O5/c1-3-17(2)24(25(31)30-14-8-9-18-15-28(18,30)26(32)33)29-27(34)35-16-23-21-12-6-4-10-19(21)20-11-5-7-13-22(20)23/h4-7,10-13,17-18,23-24H,3,8-9,14-16H2,1-2H3,(H,29,34)(H,32,33)/t17-,18+,24-,28-/m0/s1. The number of carbonyl (C=O) groups excluding carboxylic acids is 2. The van der Waals surface area contributed by atoms with Crippen molar-refractivity contribution in [3.63, 3.8) is 0 Å². The van der Waals surface area contributed by atoms with Crippen LogP contribution in [0.5, 0.6) is 0 Å². The number of likely N-dealkylation sites (tertiary alicyclic amines) is 1. The van der Waals surface area contributed by atoms with Gasteiger partial charge in [-0.15, -0.1) is 0 Å². The summed E-state index contributed by atoms with van der Waals surface area (Å²) in [5.41, 5.74) is 3.42. The molecule has 2 aliphatic carbocycles. The molecule has 0 aromatic heterocycles. The molecule has 0 radical (unpaired) electrons. The molecule has 2 amide bonds. The number of nitrogens with one attached hydrogen (secondary N) is 1. The molecule has 184 valence electrons. The third kappa shape index (κ3) is 3.87. The third-order valence-electron chi connectivity index (χ3n) is 8.22. The van der Waals surface area contributed by atoms with Gasteiger partial charge in [0.25, 0.3) is 0 Å². The van der Waals surface area contributed by atoms with E-state index < -0.39 is 23.6 Å². The van der Waals surface area contributed by atoms with Crippen LogP contribution in [-0.4, -0.2) is 52.7 Å². The minimum atomic E-state index is -1.11. The number of ether oxygens (including phenoxy) is 1. The van der Waals surface area contributed by atoms with Gasteiger partial charge >= 0.3 is 12.1 Å². The zero-order chi connectivity index (χ0) is 24.7. The second-order valence-electron chi connectivity index (χ2n) is 10.1. The molecule has 0 bridgehead atoms. The molecule has 7 heteroatoms. The predicted octanol–water partition coefficient (Wildman–Crippen LogP) is 4.41. The fourth-order valence-electron chi connectivity index (χ4n) is 5.99. The van der Waals surface area contributed by atoms with Gasteiger partial charge in [-0.2, -0.15) is 0 Å². The Morgan fingerprint density at radius 2 is 1.74 bits per heavy atom. The van der Waals surface area contributed by atoms with Crippen LogP contribution in [-0.2, 0) is 14.3 Å². The number of rotatable bonds is 7. The Kier molecular flexibility index (Phi) is 6.03. The van der Waals surface area contributed by atoms with Crippen LogP contribution in [0.2, 0.25) is 0 Å². The molecule has 0 spiro atoms. The summed E-state index contributed by atoms with van der Waals surface area (Å²) < 4.78 is 5.68. The van der Waals surface area contributed by atoms with Crippen molar-refractivity contribution < 1.29 is 24.2 Å². The van der Waals surface area contributed by atoms with Crippen LogP contribution in [0, 0.1) is 11.8 Å². The number of carboxylic acids is 1. The lowest BCUT2D eigenvalue weighted by Gasteiger charge is -2.37.